The van der Waals surface area contributed by atoms with Crippen molar-refractivity contribution in [1.82, 2.24) is 0 Å². The minimum absolute atomic E-state index is 0.0952. The number of carbonyl (C=O) groups is 1. The van der Waals surface area contributed by atoms with Crippen molar-refractivity contribution in [2.45, 2.75) is 18.7 Å². The van der Waals surface area contributed by atoms with Gasteiger partial charge in [-0.05, 0) is 26.0 Å². The van der Waals surface area contributed by atoms with E-state index in [1.54, 1.807) is 12.1 Å². The number of hydrogen-bond acceptors (Lipinski definition) is 4. The first-order chi connectivity index (χ1) is 6.43. The van der Waals surface area contributed by atoms with Gasteiger partial charge in [-0.1, -0.05) is 0 Å². The average Bonchev–Trinajstić information content (AvgIpc) is 2.03. The number of benzene rings is 1. The number of thiol groups is 1. The molecule has 0 heterocycles. The van der Waals surface area contributed by atoms with Crippen LogP contribution in [-0.2, 0) is 4.79 Å². The van der Waals surface area contributed by atoms with Gasteiger partial charge in [0.25, 0.3) is 5.69 Å². The molecule has 1 aromatic carbocycles. The Balaban J connectivity index is 0.000000364. The second kappa shape index (κ2) is 6.15. The molecule has 0 unspecified atom stereocenters. The predicted octanol–water partition coefficient (Wildman–Crippen LogP) is 2.48. The molecule has 76 valence electrons. The van der Waals surface area contributed by atoms with Crippen molar-refractivity contribution in [2.75, 3.05) is 0 Å². The predicted molar refractivity (Wildman–Crippen MR) is 56.7 cm³/mol. The average molecular weight is 213 g/mol. The maximum Gasteiger partial charge on any atom is 0.269 e. The fourth-order valence-electron chi connectivity index (χ4n) is 0.574. The van der Waals surface area contributed by atoms with Gasteiger partial charge >= 0.3 is 0 Å². The van der Waals surface area contributed by atoms with Gasteiger partial charge in [-0.3, -0.25) is 10.1 Å². The number of rotatable bonds is 1. The van der Waals surface area contributed by atoms with Gasteiger partial charge in [-0.15, -0.1) is 12.6 Å². The van der Waals surface area contributed by atoms with Crippen molar-refractivity contribution in [1.29, 1.82) is 0 Å². The van der Waals surface area contributed by atoms with Gasteiger partial charge in [0, 0.05) is 17.0 Å². The van der Waals surface area contributed by atoms with Crippen molar-refractivity contribution >= 4 is 24.1 Å². The van der Waals surface area contributed by atoms with Gasteiger partial charge in [0.2, 0.25) is 0 Å². The van der Waals surface area contributed by atoms with E-state index in [2.05, 4.69) is 12.6 Å². The SMILES string of the molecule is CC(C)=O.O=[N+]([O-])c1ccc(S)cc1. The van der Waals surface area contributed by atoms with Crippen molar-refractivity contribution in [2.24, 2.45) is 0 Å². The third kappa shape index (κ3) is 6.19. The molecule has 0 aliphatic carbocycles. The third-order valence-electron chi connectivity index (χ3n) is 1.06. The summed E-state index contributed by atoms with van der Waals surface area (Å²) in [6, 6.07) is 6.01. The van der Waals surface area contributed by atoms with Crippen LogP contribution in [0.3, 0.4) is 0 Å². The number of hydrogen-bond donors (Lipinski definition) is 1. The first-order valence-corrected chi connectivity index (χ1v) is 4.29. The van der Waals surface area contributed by atoms with E-state index < -0.39 is 4.92 Å². The lowest BCUT2D eigenvalue weighted by atomic mass is 10.3. The van der Waals surface area contributed by atoms with Crippen molar-refractivity contribution in [3.63, 3.8) is 0 Å². The summed E-state index contributed by atoms with van der Waals surface area (Å²) in [5.41, 5.74) is 0.0952. The van der Waals surface area contributed by atoms with Crippen LogP contribution in [-0.4, -0.2) is 10.7 Å². The molecule has 0 fully saturated rings. The smallest absolute Gasteiger partial charge is 0.269 e. The summed E-state index contributed by atoms with van der Waals surface area (Å²) in [6.07, 6.45) is 0. The van der Waals surface area contributed by atoms with Crippen molar-refractivity contribution < 1.29 is 9.72 Å². The molecule has 1 rings (SSSR count). The molecule has 5 heteroatoms. The molecule has 1 aromatic rings. The molecule has 4 nitrogen and oxygen atoms in total. The van der Waals surface area contributed by atoms with Crippen LogP contribution in [0.25, 0.3) is 0 Å². The molecule has 14 heavy (non-hydrogen) atoms. The Bertz CT molecular complexity index is 317. The molecule has 0 aliphatic rings. The highest BCUT2D eigenvalue weighted by Crippen LogP contribution is 2.13. The van der Waals surface area contributed by atoms with Crippen LogP contribution in [0.5, 0.6) is 0 Å². The molecular weight excluding hydrogens is 202 g/mol. The summed E-state index contributed by atoms with van der Waals surface area (Å²) in [5.74, 6) is 0.167. The van der Waals surface area contributed by atoms with Crippen molar-refractivity contribution in [3.05, 3.63) is 34.4 Å². The Morgan fingerprint density at radius 2 is 1.64 bits per heavy atom. The topological polar surface area (TPSA) is 60.2 Å². The van der Waals surface area contributed by atoms with Gasteiger partial charge in [-0.2, -0.15) is 0 Å². The minimum atomic E-state index is -0.437. The van der Waals surface area contributed by atoms with Crippen LogP contribution in [0, 0.1) is 10.1 Å². The monoisotopic (exact) mass is 213 g/mol. The molecule has 0 aliphatic heterocycles. The molecule has 0 aromatic heterocycles. The normalized spacial score (nSPS) is 8.50. The molecule has 0 N–H and O–H groups in total. The van der Waals surface area contributed by atoms with Crippen LogP contribution in [0.15, 0.2) is 29.2 Å². The van der Waals surface area contributed by atoms with Gasteiger partial charge in [0.1, 0.15) is 5.78 Å². The zero-order valence-electron chi connectivity index (χ0n) is 7.93. The third-order valence-corrected chi connectivity index (χ3v) is 1.36. The molecule has 0 spiro atoms. The summed E-state index contributed by atoms with van der Waals surface area (Å²) < 4.78 is 0. The lowest BCUT2D eigenvalue weighted by Crippen LogP contribution is -1.85. The van der Waals surface area contributed by atoms with E-state index in [1.165, 1.54) is 26.0 Å². The fourth-order valence-corrected chi connectivity index (χ4v) is 0.723. The number of nitro groups is 1. The highest BCUT2D eigenvalue weighted by molar-refractivity contribution is 7.80. The maximum atomic E-state index is 10.1. The Labute approximate surface area is 87.5 Å². The standard InChI is InChI=1S/C6H5NO2S.C3H6O/c8-7(9)5-1-3-6(10)4-2-5;1-3(2)4/h1-4,10H;1-2H3. The molecule has 0 bridgehead atoms. The lowest BCUT2D eigenvalue weighted by Gasteiger charge is -1.89. The van der Waals surface area contributed by atoms with E-state index in [4.69, 9.17) is 0 Å². The Morgan fingerprint density at radius 1 is 1.29 bits per heavy atom. The molecule has 0 saturated carbocycles. The largest absolute Gasteiger partial charge is 0.300 e. The van der Waals surface area contributed by atoms with E-state index in [-0.39, 0.29) is 11.5 Å². The molecule has 0 atom stereocenters. The van der Waals surface area contributed by atoms with E-state index in [0.717, 1.165) is 4.90 Å². The van der Waals surface area contributed by atoms with Crippen molar-refractivity contribution in [3.8, 4) is 0 Å². The summed E-state index contributed by atoms with van der Waals surface area (Å²) in [7, 11) is 0. The molecule has 0 amide bonds. The Hall–Kier alpha value is -1.36. The molecular formula is C9H11NO3S. The number of non-ortho nitro benzene ring substituents is 1. The lowest BCUT2D eigenvalue weighted by molar-refractivity contribution is -0.384. The molecule has 0 saturated heterocycles. The summed E-state index contributed by atoms with van der Waals surface area (Å²) >= 11 is 3.98. The first kappa shape index (κ1) is 12.6. The van der Waals surface area contributed by atoms with E-state index in [9.17, 15) is 14.9 Å². The second-order valence-electron chi connectivity index (χ2n) is 2.68. The fraction of sp³-hybridized carbons (Fsp3) is 0.222. The van der Waals surface area contributed by atoms with Gasteiger partial charge < -0.3 is 4.79 Å². The number of ketones is 1. The number of nitro benzene ring substituents is 1. The Kier molecular flexibility index (Phi) is 5.55. The van der Waals surface area contributed by atoms with E-state index in [0.29, 0.717) is 0 Å². The van der Waals surface area contributed by atoms with Gasteiger partial charge in [0.05, 0.1) is 4.92 Å². The van der Waals surface area contributed by atoms with Gasteiger partial charge in [0.15, 0.2) is 0 Å². The highest BCUT2D eigenvalue weighted by Gasteiger charge is 2.00. The van der Waals surface area contributed by atoms with E-state index >= 15 is 0 Å². The van der Waals surface area contributed by atoms with E-state index in [1.807, 2.05) is 0 Å². The molecule has 0 radical (unpaired) electrons. The quantitative estimate of drug-likeness (QED) is 0.443. The minimum Gasteiger partial charge on any atom is -0.300 e. The maximum absolute atomic E-state index is 10.1. The Morgan fingerprint density at radius 3 is 1.93 bits per heavy atom. The zero-order valence-corrected chi connectivity index (χ0v) is 8.82. The van der Waals surface area contributed by atoms with Crippen LogP contribution >= 0.6 is 12.6 Å². The summed E-state index contributed by atoms with van der Waals surface area (Å²) in [6.45, 7) is 3.06. The second-order valence-corrected chi connectivity index (χ2v) is 3.20. The number of nitrogens with zero attached hydrogens (tertiary/aromatic N) is 1. The first-order valence-electron chi connectivity index (χ1n) is 3.84. The number of carbonyl (C=O) groups excluding carboxylic acids is 1. The van der Waals surface area contributed by atoms with Crippen LogP contribution in [0.1, 0.15) is 13.8 Å². The van der Waals surface area contributed by atoms with Crippen LogP contribution in [0.2, 0.25) is 0 Å². The summed E-state index contributed by atoms with van der Waals surface area (Å²) in [4.78, 5) is 19.8. The van der Waals surface area contributed by atoms with Gasteiger partial charge in [-0.25, -0.2) is 0 Å². The zero-order chi connectivity index (χ0) is 11.1. The highest BCUT2D eigenvalue weighted by atomic mass is 32.1. The number of Topliss-reactive ketones (excluding diaryl/α,β-unsaturated/α-hetero) is 1. The summed E-state index contributed by atoms with van der Waals surface area (Å²) in [5, 5.41) is 10.1. The van der Waals surface area contributed by atoms with Crippen LogP contribution < -0.4 is 0 Å². The van der Waals surface area contributed by atoms with Crippen LogP contribution in [0.4, 0.5) is 5.69 Å².